The molecule has 0 aliphatic carbocycles. The average molecular weight is 308 g/mol. The highest BCUT2D eigenvalue weighted by Gasteiger charge is 2.13. The Balaban J connectivity index is 1.94. The lowest BCUT2D eigenvalue weighted by Gasteiger charge is -2.10. The molecule has 0 aromatic heterocycles. The number of Topliss-reactive ketones (excluding diaryl/α,β-unsaturated/α-hetero) is 1. The second-order valence-electron chi connectivity index (χ2n) is 5.24. The monoisotopic (exact) mass is 308 g/mol. The Hall–Kier alpha value is -2.81. The number of carbonyl (C=O) groups is 1. The minimum Gasteiger partial charge on any atom is -0.294 e. The molecule has 114 valence electrons. The summed E-state index contributed by atoms with van der Waals surface area (Å²) in [6, 6.07) is 19.2. The van der Waals surface area contributed by atoms with Crippen molar-refractivity contribution in [1.29, 1.82) is 0 Å². The van der Waals surface area contributed by atoms with Crippen LogP contribution in [0.15, 0.2) is 72.8 Å². The lowest BCUT2D eigenvalue weighted by atomic mass is 9.94. The van der Waals surface area contributed by atoms with Crippen LogP contribution in [0.2, 0.25) is 0 Å². The third-order valence-electron chi connectivity index (χ3n) is 3.70. The first-order chi connectivity index (χ1) is 11.1. The van der Waals surface area contributed by atoms with E-state index in [9.17, 15) is 13.6 Å². The smallest absolute Gasteiger partial charge is 0.167 e. The Morgan fingerprint density at radius 3 is 2.04 bits per heavy atom. The molecule has 1 nitrogen and oxygen atoms in total. The molecule has 0 aliphatic heterocycles. The highest BCUT2D eigenvalue weighted by atomic mass is 19.1. The van der Waals surface area contributed by atoms with Gasteiger partial charge in [0.05, 0.1) is 0 Å². The van der Waals surface area contributed by atoms with Gasteiger partial charge in [-0.2, -0.15) is 0 Å². The number of rotatable bonds is 4. The van der Waals surface area contributed by atoms with Gasteiger partial charge in [0.2, 0.25) is 0 Å². The molecule has 3 rings (SSSR count). The number of carbonyl (C=O) groups excluding carboxylic acids is 1. The van der Waals surface area contributed by atoms with E-state index in [2.05, 4.69) is 0 Å². The SMILES string of the molecule is O=C(Cc1ccccc1-c1ccccc1F)c1ccc(F)cc1. The zero-order chi connectivity index (χ0) is 16.2. The first kappa shape index (κ1) is 15.1. The van der Waals surface area contributed by atoms with Crippen molar-refractivity contribution in [2.24, 2.45) is 0 Å². The summed E-state index contributed by atoms with van der Waals surface area (Å²) < 4.78 is 27.0. The van der Waals surface area contributed by atoms with Crippen LogP contribution in [0.1, 0.15) is 15.9 Å². The van der Waals surface area contributed by atoms with Crippen molar-refractivity contribution >= 4 is 5.78 Å². The van der Waals surface area contributed by atoms with Gasteiger partial charge < -0.3 is 0 Å². The molecule has 3 heteroatoms. The maximum absolute atomic E-state index is 14.0. The van der Waals surface area contributed by atoms with Crippen LogP contribution in [0.4, 0.5) is 8.78 Å². The van der Waals surface area contributed by atoms with Crippen molar-refractivity contribution in [2.75, 3.05) is 0 Å². The Kier molecular flexibility index (Phi) is 4.29. The fraction of sp³-hybridized carbons (Fsp3) is 0.0500. The first-order valence-corrected chi connectivity index (χ1v) is 7.27. The fourth-order valence-electron chi connectivity index (χ4n) is 2.53. The van der Waals surface area contributed by atoms with Gasteiger partial charge in [-0.15, -0.1) is 0 Å². The number of benzene rings is 3. The third-order valence-corrected chi connectivity index (χ3v) is 3.70. The number of ketones is 1. The van der Waals surface area contributed by atoms with Crippen LogP contribution in [0.25, 0.3) is 11.1 Å². The molecule has 0 radical (unpaired) electrons. The van der Waals surface area contributed by atoms with Crippen molar-refractivity contribution in [3.63, 3.8) is 0 Å². The third kappa shape index (κ3) is 3.34. The van der Waals surface area contributed by atoms with Crippen molar-refractivity contribution < 1.29 is 13.6 Å². The average Bonchev–Trinajstić information content (AvgIpc) is 2.56. The molecular weight excluding hydrogens is 294 g/mol. The van der Waals surface area contributed by atoms with Gasteiger partial charge in [0.25, 0.3) is 0 Å². The summed E-state index contributed by atoms with van der Waals surface area (Å²) in [5.41, 5.74) is 2.35. The van der Waals surface area contributed by atoms with Crippen LogP contribution in [0, 0.1) is 11.6 Å². The van der Waals surface area contributed by atoms with Gasteiger partial charge in [0.15, 0.2) is 5.78 Å². The summed E-state index contributed by atoms with van der Waals surface area (Å²) in [5.74, 6) is -0.837. The van der Waals surface area contributed by atoms with E-state index in [1.54, 1.807) is 24.3 Å². The Morgan fingerprint density at radius 2 is 1.35 bits per heavy atom. The van der Waals surface area contributed by atoms with Gasteiger partial charge in [0, 0.05) is 17.5 Å². The minimum atomic E-state index is -0.381. The molecule has 0 saturated carbocycles. The molecule has 0 unspecified atom stereocenters. The van der Waals surface area contributed by atoms with E-state index in [1.165, 1.54) is 30.3 Å². The van der Waals surface area contributed by atoms with Gasteiger partial charge in [-0.3, -0.25) is 4.79 Å². The molecular formula is C20H14F2O. The van der Waals surface area contributed by atoms with Crippen molar-refractivity contribution in [2.45, 2.75) is 6.42 Å². The topological polar surface area (TPSA) is 17.1 Å². The second-order valence-corrected chi connectivity index (χ2v) is 5.24. The highest BCUT2D eigenvalue weighted by molar-refractivity contribution is 5.98. The maximum atomic E-state index is 14.0. The molecule has 0 atom stereocenters. The molecule has 3 aromatic carbocycles. The largest absolute Gasteiger partial charge is 0.294 e. The molecule has 0 bridgehead atoms. The Labute approximate surface area is 133 Å². The van der Waals surface area contributed by atoms with Crippen LogP contribution < -0.4 is 0 Å². The summed E-state index contributed by atoms with van der Waals surface area (Å²) in [5, 5.41) is 0. The van der Waals surface area contributed by atoms with E-state index in [4.69, 9.17) is 0 Å². The summed E-state index contributed by atoms with van der Waals surface area (Å²) in [4.78, 5) is 12.4. The van der Waals surface area contributed by atoms with Crippen LogP contribution in [0.5, 0.6) is 0 Å². The number of hydrogen-bond acceptors (Lipinski definition) is 1. The number of halogens is 2. The van der Waals surface area contributed by atoms with E-state index in [0.717, 1.165) is 5.56 Å². The van der Waals surface area contributed by atoms with Gasteiger partial charge in [0.1, 0.15) is 11.6 Å². The van der Waals surface area contributed by atoms with Gasteiger partial charge in [-0.25, -0.2) is 8.78 Å². The predicted molar refractivity (Wildman–Crippen MR) is 86.3 cm³/mol. The quantitative estimate of drug-likeness (QED) is 0.616. The maximum Gasteiger partial charge on any atom is 0.167 e. The normalized spacial score (nSPS) is 10.5. The standard InChI is InChI=1S/C20H14F2O/c21-16-11-9-14(10-12-16)20(23)13-15-5-1-2-6-17(15)18-7-3-4-8-19(18)22/h1-12H,13H2. The van der Waals surface area contributed by atoms with Crippen LogP contribution in [-0.4, -0.2) is 5.78 Å². The second kappa shape index (κ2) is 6.53. The van der Waals surface area contributed by atoms with E-state index in [-0.39, 0.29) is 23.8 Å². The van der Waals surface area contributed by atoms with E-state index in [1.807, 2.05) is 18.2 Å². The minimum absolute atomic E-state index is 0.131. The molecule has 0 amide bonds. The summed E-state index contributed by atoms with van der Waals surface area (Å²) >= 11 is 0. The van der Waals surface area contributed by atoms with Gasteiger partial charge in [-0.1, -0.05) is 42.5 Å². The first-order valence-electron chi connectivity index (χ1n) is 7.27. The molecule has 0 N–H and O–H groups in total. The Bertz CT molecular complexity index is 838. The molecule has 3 aromatic rings. The molecule has 23 heavy (non-hydrogen) atoms. The summed E-state index contributed by atoms with van der Waals surface area (Å²) in [6.45, 7) is 0. The lowest BCUT2D eigenvalue weighted by Crippen LogP contribution is -2.05. The molecule has 0 heterocycles. The zero-order valence-corrected chi connectivity index (χ0v) is 12.3. The van der Waals surface area contributed by atoms with E-state index >= 15 is 0 Å². The van der Waals surface area contributed by atoms with Crippen molar-refractivity contribution in [1.82, 2.24) is 0 Å². The number of hydrogen-bond donors (Lipinski definition) is 0. The van der Waals surface area contributed by atoms with Crippen LogP contribution in [-0.2, 0) is 6.42 Å². The lowest BCUT2D eigenvalue weighted by molar-refractivity contribution is 0.0993. The summed E-state index contributed by atoms with van der Waals surface area (Å²) in [7, 11) is 0. The highest BCUT2D eigenvalue weighted by Crippen LogP contribution is 2.27. The van der Waals surface area contributed by atoms with Crippen LogP contribution in [0.3, 0.4) is 0 Å². The molecule has 0 saturated heterocycles. The van der Waals surface area contributed by atoms with E-state index < -0.39 is 0 Å². The van der Waals surface area contributed by atoms with Gasteiger partial charge >= 0.3 is 0 Å². The molecule has 0 fully saturated rings. The molecule has 0 spiro atoms. The van der Waals surface area contributed by atoms with E-state index in [0.29, 0.717) is 16.7 Å². The molecule has 0 aliphatic rings. The summed E-state index contributed by atoms with van der Waals surface area (Å²) in [6.07, 6.45) is 0.135. The predicted octanol–water partition coefficient (Wildman–Crippen LogP) is 5.06. The zero-order valence-electron chi connectivity index (χ0n) is 12.3. The fourth-order valence-corrected chi connectivity index (χ4v) is 2.53. The Morgan fingerprint density at radius 1 is 0.739 bits per heavy atom. The van der Waals surface area contributed by atoms with Gasteiger partial charge in [-0.05, 0) is 41.5 Å². The van der Waals surface area contributed by atoms with Crippen LogP contribution >= 0.6 is 0 Å². The van der Waals surface area contributed by atoms with Crippen molar-refractivity contribution in [3.8, 4) is 11.1 Å². The van der Waals surface area contributed by atoms with Crippen molar-refractivity contribution in [3.05, 3.63) is 95.6 Å².